The smallest absolute Gasteiger partial charge is 0.212 e. The number of hydrogen-bond acceptors (Lipinski definition) is 5. The zero-order valence-corrected chi connectivity index (χ0v) is 12.7. The van der Waals surface area contributed by atoms with E-state index in [1.165, 1.54) is 22.2 Å². The maximum Gasteiger partial charge on any atom is 0.212 e. The summed E-state index contributed by atoms with van der Waals surface area (Å²) < 4.78 is 1.43. The van der Waals surface area contributed by atoms with Crippen molar-refractivity contribution in [3.05, 3.63) is 45.4 Å². The molecule has 0 unspecified atom stereocenters. The Hall–Kier alpha value is -2.07. The van der Waals surface area contributed by atoms with E-state index in [4.69, 9.17) is 34.2 Å². The zero-order valence-electron chi connectivity index (χ0n) is 10.4. The Morgan fingerprint density at radius 1 is 1.29 bits per heavy atom. The van der Waals surface area contributed by atoms with E-state index >= 15 is 0 Å². The predicted molar refractivity (Wildman–Crippen MR) is 83.8 cm³/mol. The van der Waals surface area contributed by atoms with E-state index in [0.717, 1.165) is 11.3 Å². The van der Waals surface area contributed by atoms with Crippen molar-refractivity contribution in [2.45, 2.75) is 0 Å². The second-order valence-electron chi connectivity index (χ2n) is 4.11. The van der Waals surface area contributed by atoms with Gasteiger partial charge in [0.25, 0.3) is 0 Å². The zero-order chi connectivity index (χ0) is 15.0. The number of thiazole rings is 1. The number of nitrogens with zero attached hydrogens (tertiary/aromatic N) is 4. The standard InChI is InChI=1S/C13H7Cl2N5S/c14-9-2-1-7(3-10(9)15)11-6-21-13(19-11)20-12(17)8(4-16)5-18-20/h1-3,5-6H,17H2. The van der Waals surface area contributed by atoms with Gasteiger partial charge < -0.3 is 5.73 Å². The van der Waals surface area contributed by atoms with Crippen molar-refractivity contribution >= 4 is 40.4 Å². The van der Waals surface area contributed by atoms with Crippen LogP contribution in [0.4, 0.5) is 5.82 Å². The lowest BCUT2D eigenvalue weighted by molar-refractivity contribution is 0.881. The number of nitrogens with two attached hydrogens (primary N) is 1. The minimum absolute atomic E-state index is 0.271. The van der Waals surface area contributed by atoms with Crippen molar-refractivity contribution in [1.82, 2.24) is 14.8 Å². The topological polar surface area (TPSA) is 80.5 Å². The van der Waals surface area contributed by atoms with Crippen LogP contribution in [-0.4, -0.2) is 14.8 Å². The van der Waals surface area contributed by atoms with Crippen LogP contribution in [0.2, 0.25) is 10.0 Å². The Bertz CT molecular complexity index is 862. The first kappa shape index (κ1) is 13.9. The lowest BCUT2D eigenvalue weighted by atomic mass is 10.2. The van der Waals surface area contributed by atoms with E-state index in [1.807, 2.05) is 17.5 Å². The molecule has 0 bridgehead atoms. The molecule has 0 spiro atoms. The quantitative estimate of drug-likeness (QED) is 0.773. The highest BCUT2D eigenvalue weighted by Gasteiger charge is 2.13. The molecule has 2 heterocycles. The summed E-state index contributed by atoms with van der Waals surface area (Å²) in [6, 6.07) is 7.27. The van der Waals surface area contributed by atoms with Gasteiger partial charge in [-0.1, -0.05) is 29.3 Å². The summed E-state index contributed by atoms with van der Waals surface area (Å²) in [5, 5.41) is 16.4. The third-order valence-corrected chi connectivity index (χ3v) is 4.37. The number of halogens is 2. The summed E-state index contributed by atoms with van der Waals surface area (Å²) in [5.74, 6) is 0.271. The van der Waals surface area contributed by atoms with Gasteiger partial charge in [0.05, 0.1) is 21.9 Å². The van der Waals surface area contributed by atoms with Crippen LogP contribution >= 0.6 is 34.5 Å². The molecular weight excluding hydrogens is 329 g/mol. The van der Waals surface area contributed by atoms with Gasteiger partial charge in [0, 0.05) is 10.9 Å². The Morgan fingerprint density at radius 2 is 2.10 bits per heavy atom. The van der Waals surface area contributed by atoms with Gasteiger partial charge in [-0.3, -0.25) is 0 Å². The number of nitriles is 1. The predicted octanol–water partition coefficient (Wildman–Crippen LogP) is 3.76. The number of benzene rings is 1. The molecular formula is C13H7Cl2N5S. The lowest BCUT2D eigenvalue weighted by Crippen LogP contribution is -2.01. The van der Waals surface area contributed by atoms with Crippen LogP contribution < -0.4 is 5.73 Å². The Kier molecular flexibility index (Phi) is 3.55. The molecule has 0 atom stereocenters. The monoisotopic (exact) mass is 335 g/mol. The minimum Gasteiger partial charge on any atom is -0.382 e. The van der Waals surface area contributed by atoms with Crippen LogP contribution in [0.3, 0.4) is 0 Å². The molecule has 0 saturated carbocycles. The largest absolute Gasteiger partial charge is 0.382 e. The van der Waals surface area contributed by atoms with Gasteiger partial charge in [0.2, 0.25) is 5.13 Å². The van der Waals surface area contributed by atoms with Crippen molar-refractivity contribution in [3.63, 3.8) is 0 Å². The van der Waals surface area contributed by atoms with Crippen molar-refractivity contribution in [1.29, 1.82) is 5.26 Å². The molecule has 0 aliphatic carbocycles. The maximum absolute atomic E-state index is 8.89. The van der Waals surface area contributed by atoms with Gasteiger partial charge >= 0.3 is 0 Å². The van der Waals surface area contributed by atoms with Crippen molar-refractivity contribution in [2.24, 2.45) is 0 Å². The Morgan fingerprint density at radius 3 is 2.76 bits per heavy atom. The molecule has 0 aliphatic rings. The molecule has 0 radical (unpaired) electrons. The van der Waals surface area contributed by atoms with E-state index in [1.54, 1.807) is 12.1 Å². The fraction of sp³-hybridized carbons (Fsp3) is 0. The van der Waals surface area contributed by atoms with E-state index in [9.17, 15) is 0 Å². The summed E-state index contributed by atoms with van der Waals surface area (Å²) in [6.45, 7) is 0. The average Bonchev–Trinajstić information content (AvgIpc) is 3.08. The summed E-state index contributed by atoms with van der Waals surface area (Å²) in [5.41, 5.74) is 7.75. The summed E-state index contributed by atoms with van der Waals surface area (Å²) in [7, 11) is 0. The second kappa shape index (κ2) is 5.37. The van der Waals surface area contributed by atoms with Crippen LogP contribution in [0.1, 0.15) is 5.56 Å². The molecule has 3 aromatic rings. The molecule has 0 fully saturated rings. The van der Waals surface area contributed by atoms with Crippen LogP contribution in [0.5, 0.6) is 0 Å². The van der Waals surface area contributed by atoms with Gasteiger partial charge in [-0.05, 0) is 12.1 Å². The van der Waals surface area contributed by atoms with Crippen molar-refractivity contribution < 1.29 is 0 Å². The summed E-state index contributed by atoms with van der Waals surface area (Å²) in [4.78, 5) is 4.46. The SMILES string of the molecule is N#Cc1cnn(-c2nc(-c3ccc(Cl)c(Cl)c3)cs2)c1N. The maximum atomic E-state index is 8.89. The van der Waals surface area contributed by atoms with E-state index in [-0.39, 0.29) is 5.82 Å². The Labute approximate surface area is 134 Å². The minimum atomic E-state index is 0.271. The van der Waals surface area contributed by atoms with Crippen molar-refractivity contribution in [3.8, 4) is 22.5 Å². The molecule has 21 heavy (non-hydrogen) atoms. The first-order valence-electron chi connectivity index (χ1n) is 5.75. The second-order valence-corrected chi connectivity index (χ2v) is 5.76. The highest BCUT2D eigenvalue weighted by molar-refractivity contribution is 7.12. The number of nitrogen functional groups attached to an aromatic ring is 1. The summed E-state index contributed by atoms with van der Waals surface area (Å²) in [6.07, 6.45) is 1.41. The fourth-order valence-electron chi connectivity index (χ4n) is 1.75. The highest BCUT2D eigenvalue weighted by atomic mass is 35.5. The molecule has 3 rings (SSSR count). The molecule has 104 valence electrons. The van der Waals surface area contributed by atoms with Gasteiger partial charge in [0.15, 0.2) is 0 Å². The number of anilines is 1. The molecule has 5 nitrogen and oxygen atoms in total. The molecule has 0 saturated heterocycles. The van der Waals surface area contributed by atoms with Crippen LogP contribution in [0.15, 0.2) is 29.8 Å². The van der Waals surface area contributed by atoms with Gasteiger partial charge in [-0.2, -0.15) is 15.0 Å². The van der Waals surface area contributed by atoms with E-state index in [0.29, 0.717) is 20.7 Å². The van der Waals surface area contributed by atoms with Gasteiger partial charge in [-0.15, -0.1) is 11.3 Å². The molecule has 2 aromatic heterocycles. The number of aromatic nitrogens is 3. The summed E-state index contributed by atoms with van der Waals surface area (Å²) >= 11 is 13.3. The lowest BCUT2D eigenvalue weighted by Gasteiger charge is -2.00. The first-order chi connectivity index (χ1) is 10.1. The van der Waals surface area contributed by atoms with Crippen LogP contribution in [0.25, 0.3) is 16.4 Å². The molecule has 2 N–H and O–H groups in total. The van der Waals surface area contributed by atoms with Crippen molar-refractivity contribution in [2.75, 3.05) is 5.73 Å². The first-order valence-corrected chi connectivity index (χ1v) is 7.38. The number of hydrogen-bond donors (Lipinski definition) is 1. The number of rotatable bonds is 2. The fourth-order valence-corrected chi connectivity index (χ4v) is 2.85. The average molecular weight is 336 g/mol. The molecule has 1 aromatic carbocycles. The molecule has 0 aliphatic heterocycles. The van der Waals surface area contributed by atoms with E-state index < -0.39 is 0 Å². The third kappa shape index (κ3) is 2.47. The Balaban J connectivity index is 2.01. The van der Waals surface area contributed by atoms with E-state index in [2.05, 4.69) is 10.1 Å². The van der Waals surface area contributed by atoms with Gasteiger partial charge in [-0.25, -0.2) is 4.98 Å². The molecule has 0 amide bonds. The third-order valence-electron chi connectivity index (χ3n) is 2.82. The van der Waals surface area contributed by atoms with Crippen LogP contribution in [-0.2, 0) is 0 Å². The molecule has 8 heteroatoms. The van der Waals surface area contributed by atoms with Crippen LogP contribution in [0, 0.1) is 11.3 Å². The highest BCUT2D eigenvalue weighted by Crippen LogP contribution is 2.30. The normalized spacial score (nSPS) is 10.5. The van der Waals surface area contributed by atoms with Gasteiger partial charge in [0.1, 0.15) is 17.5 Å².